The number of nitriles is 1. The summed E-state index contributed by atoms with van der Waals surface area (Å²) in [5.41, 5.74) is 6.00. The van der Waals surface area contributed by atoms with Gasteiger partial charge in [0, 0.05) is 29.9 Å². The van der Waals surface area contributed by atoms with Gasteiger partial charge >= 0.3 is 0 Å². The van der Waals surface area contributed by atoms with Crippen molar-refractivity contribution in [3.8, 4) is 11.8 Å². The van der Waals surface area contributed by atoms with Gasteiger partial charge in [-0.15, -0.1) is 0 Å². The molecule has 0 bridgehead atoms. The smallest absolute Gasteiger partial charge is 0.137 e. The molecule has 0 saturated carbocycles. The molecule has 0 N–H and O–H groups in total. The van der Waals surface area contributed by atoms with Crippen LogP contribution in [0.2, 0.25) is 0 Å². The minimum atomic E-state index is 0.419. The van der Waals surface area contributed by atoms with E-state index >= 15 is 0 Å². The van der Waals surface area contributed by atoms with Crippen LogP contribution in [-0.4, -0.2) is 18.1 Å². The van der Waals surface area contributed by atoms with Crippen LogP contribution in [-0.2, 0) is 6.61 Å². The monoisotopic (exact) mass is 357 g/mol. The Morgan fingerprint density at radius 3 is 2.67 bits per heavy atom. The predicted molar refractivity (Wildman–Crippen MR) is 108 cm³/mol. The zero-order chi connectivity index (χ0) is 18.8. The number of pyridine rings is 1. The van der Waals surface area contributed by atoms with Crippen molar-refractivity contribution in [3.05, 3.63) is 64.8 Å². The number of rotatable bonds is 4. The highest BCUT2D eigenvalue weighted by Gasteiger charge is 2.16. The number of hydrogen-bond donors (Lipinski definition) is 0. The van der Waals surface area contributed by atoms with E-state index in [0.717, 1.165) is 35.4 Å². The van der Waals surface area contributed by atoms with Gasteiger partial charge in [0.15, 0.2) is 0 Å². The Kier molecular flexibility index (Phi) is 4.68. The first-order valence-corrected chi connectivity index (χ1v) is 9.43. The first-order valence-electron chi connectivity index (χ1n) is 9.43. The van der Waals surface area contributed by atoms with Crippen molar-refractivity contribution in [1.29, 1.82) is 5.26 Å². The van der Waals surface area contributed by atoms with Gasteiger partial charge < -0.3 is 9.64 Å². The highest BCUT2D eigenvalue weighted by molar-refractivity contribution is 5.92. The third-order valence-electron chi connectivity index (χ3n) is 5.08. The van der Waals surface area contributed by atoms with Crippen molar-refractivity contribution in [2.75, 3.05) is 18.0 Å². The van der Waals surface area contributed by atoms with E-state index in [1.807, 2.05) is 32.0 Å². The van der Waals surface area contributed by atoms with Gasteiger partial charge in [-0.25, -0.2) is 0 Å². The van der Waals surface area contributed by atoms with Crippen molar-refractivity contribution in [1.82, 2.24) is 4.98 Å². The van der Waals surface area contributed by atoms with Crippen molar-refractivity contribution in [2.24, 2.45) is 0 Å². The molecular formula is C23H23N3O. The van der Waals surface area contributed by atoms with Crippen LogP contribution in [0.1, 0.15) is 35.2 Å². The molecule has 4 heteroatoms. The second kappa shape index (κ2) is 7.28. The number of aromatic nitrogens is 1. The number of ether oxygens (including phenoxy) is 1. The van der Waals surface area contributed by atoms with Crippen LogP contribution >= 0.6 is 0 Å². The summed E-state index contributed by atoms with van der Waals surface area (Å²) >= 11 is 0. The maximum Gasteiger partial charge on any atom is 0.137 e. The van der Waals surface area contributed by atoms with Crippen molar-refractivity contribution < 1.29 is 4.74 Å². The van der Waals surface area contributed by atoms with E-state index in [0.29, 0.717) is 17.9 Å². The molecule has 0 unspecified atom stereocenters. The van der Waals surface area contributed by atoms with E-state index in [-0.39, 0.29) is 0 Å². The second-order valence-electron chi connectivity index (χ2n) is 7.23. The summed E-state index contributed by atoms with van der Waals surface area (Å²) in [7, 11) is 0. The van der Waals surface area contributed by atoms with E-state index in [2.05, 4.69) is 35.2 Å². The molecule has 0 amide bonds. The lowest BCUT2D eigenvalue weighted by Gasteiger charge is -2.20. The van der Waals surface area contributed by atoms with Crippen LogP contribution in [0, 0.1) is 25.2 Å². The van der Waals surface area contributed by atoms with Gasteiger partial charge in [0.2, 0.25) is 0 Å². The summed E-state index contributed by atoms with van der Waals surface area (Å²) in [5, 5.41) is 10.5. The summed E-state index contributed by atoms with van der Waals surface area (Å²) in [4.78, 5) is 7.19. The molecular weight excluding hydrogens is 334 g/mol. The summed E-state index contributed by atoms with van der Waals surface area (Å²) < 4.78 is 5.92. The first kappa shape index (κ1) is 17.4. The fourth-order valence-corrected chi connectivity index (χ4v) is 3.71. The molecule has 0 atom stereocenters. The van der Waals surface area contributed by atoms with Gasteiger partial charge in [-0.3, -0.25) is 4.98 Å². The lowest BCUT2D eigenvalue weighted by Crippen LogP contribution is -2.18. The standard InChI is InChI=1S/C23H23N3O/c1-16-5-8-23(19(11-16)14-24)27-15-18-6-7-20-21(13-18)25-17(2)12-22(20)26-9-3-4-10-26/h5-8,11-13H,3-4,9-10,15H2,1-2H3. The van der Waals surface area contributed by atoms with Gasteiger partial charge in [0.25, 0.3) is 0 Å². The van der Waals surface area contributed by atoms with Gasteiger partial charge in [-0.1, -0.05) is 18.2 Å². The Bertz CT molecular complexity index is 1030. The summed E-state index contributed by atoms with van der Waals surface area (Å²) in [6, 6.07) is 16.4. The highest BCUT2D eigenvalue weighted by Crippen LogP contribution is 2.30. The molecule has 136 valence electrons. The predicted octanol–water partition coefficient (Wildman–Crippen LogP) is 4.90. The molecule has 4 nitrogen and oxygen atoms in total. The maximum absolute atomic E-state index is 9.30. The number of anilines is 1. The summed E-state index contributed by atoms with van der Waals surface area (Å²) in [6.07, 6.45) is 2.51. The number of hydrogen-bond acceptors (Lipinski definition) is 4. The molecule has 1 saturated heterocycles. The molecule has 2 heterocycles. The van der Waals surface area contributed by atoms with Crippen LogP contribution in [0.4, 0.5) is 5.69 Å². The molecule has 0 spiro atoms. The molecule has 1 fully saturated rings. The van der Waals surface area contributed by atoms with Crippen molar-refractivity contribution in [3.63, 3.8) is 0 Å². The van der Waals surface area contributed by atoms with Gasteiger partial charge in [-0.05, 0) is 62.1 Å². The first-order chi connectivity index (χ1) is 13.1. The van der Waals surface area contributed by atoms with Gasteiger partial charge in [0.1, 0.15) is 18.4 Å². The van der Waals surface area contributed by atoms with Crippen LogP contribution in [0.5, 0.6) is 5.75 Å². The van der Waals surface area contributed by atoms with Crippen LogP contribution in [0.15, 0.2) is 42.5 Å². The molecule has 0 aliphatic carbocycles. The van der Waals surface area contributed by atoms with E-state index in [4.69, 9.17) is 9.72 Å². The third-order valence-corrected chi connectivity index (χ3v) is 5.08. The molecule has 1 aromatic heterocycles. The average molecular weight is 357 g/mol. The molecule has 1 aliphatic rings. The van der Waals surface area contributed by atoms with Crippen LogP contribution < -0.4 is 9.64 Å². The Hall–Kier alpha value is -3.06. The second-order valence-corrected chi connectivity index (χ2v) is 7.23. The third kappa shape index (κ3) is 3.59. The number of aryl methyl sites for hydroxylation is 2. The zero-order valence-corrected chi connectivity index (χ0v) is 15.8. The maximum atomic E-state index is 9.30. The summed E-state index contributed by atoms with van der Waals surface area (Å²) in [6.45, 7) is 6.68. The molecule has 3 aromatic rings. The fraction of sp³-hybridized carbons (Fsp3) is 0.304. The van der Waals surface area contributed by atoms with E-state index in [9.17, 15) is 5.26 Å². The van der Waals surface area contributed by atoms with E-state index in [1.165, 1.54) is 23.9 Å². The Morgan fingerprint density at radius 1 is 1.07 bits per heavy atom. The molecule has 4 rings (SSSR count). The van der Waals surface area contributed by atoms with Crippen molar-refractivity contribution in [2.45, 2.75) is 33.3 Å². The van der Waals surface area contributed by atoms with Gasteiger partial charge in [0.05, 0.1) is 11.1 Å². The molecule has 27 heavy (non-hydrogen) atoms. The zero-order valence-electron chi connectivity index (χ0n) is 15.8. The quantitative estimate of drug-likeness (QED) is 0.666. The normalized spacial score (nSPS) is 13.7. The van der Waals surface area contributed by atoms with Crippen molar-refractivity contribution >= 4 is 16.6 Å². The Morgan fingerprint density at radius 2 is 1.89 bits per heavy atom. The summed E-state index contributed by atoms with van der Waals surface area (Å²) in [5.74, 6) is 0.623. The largest absolute Gasteiger partial charge is 0.488 e. The average Bonchev–Trinajstić information content (AvgIpc) is 3.20. The molecule has 2 aromatic carbocycles. The number of fused-ring (bicyclic) bond motifs is 1. The highest BCUT2D eigenvalue weighted by atomic mass is 16.5. The molecule has 0 radical (unpaired) electrons. The number of nitrogens with zero attached hydrogens (tertiary/aromatic N) is 3. The lowest BCUT2D eigenvalue weighted by atomic mass is 10.1. The van der Waals surface area contributed by atoms with Crippen LogP contribution in [0.25, 0.3) is 10.9 Å². The minimum absolute atomic E-state index is 0.419. The molecule has 1 aliphatic heterocycles. The number of benzene rings is 2. The topological polar surface area (TPSA) is 49.1 Å². The Balaban J connectivity index is 1.61. The SMILES string of the molecule is Cc1ccc(OCc2ccc3c(N4CCCC4)cc(C)nc3c2)c(C#N)c1. The Labute approximate surface area is 160 Å². The fourth-order valence-electron chi connectivity index (χ4n) is 3.71. The lowest BCUT2D eigenvalue weighted by molar-refractivity contribution is 0.305. The van der Waals surface area contributed by atoms with Gasteiger partial charge in [-0.2, -0.15) is 5.26 Å². The minimum Gasteiger partial charge on any atom is -0.488 e. The van der Waals surface area contributed by atoms with E-state index in [1.54, 1.807) is 0 Å². The van der Waals surface area contributed by atoms with E-state index < -0.39 is 0 Å². The van der Waals surface area contributed by atoms with Crippen LogP contribution in [0.3, 0.4) is 0 Å².